The molecule has 116 valence electrons. The Balaban J connectivity index is 2.33. The van der Waals surface area contributed by atoms with Gasteiger partial charge in [-0.1, -0.05) is 11.8 Å². The van der Waals surface area contributed by atoms with Crippen LogP contribution in [-0.4, -0.2) is 20.1 Å². The van der Waals surface area contributed by atoms with Crippen LogP contribution in [-0.2, 0) is 0 Å². The number of nitrogens with two attached hydrogens (primary N) is 1. The van der Waals surface area contributed by atoms with Gasteiger partial charge in [0, 0.05) is 14.3 Å². The van der Waals surface area contributed by atoms with Crippen molar-refractivity contribution in [2.24, 2.45) is 5.73 Å². The van der Waals surface area contributed by atoms with E-state index >= 15 is 0 Å². The fourth-order valence-electron chi connectivity index (χ4n) is 2.08. The van der Waals surface area contributed by atoms with E-state index < -0.39 is 5.91 Å². The highest BCUT2D eigenvalue weighted by atomic mass is 79.9. The van der Waals surface area contributed by atoms with Gasteiger partial charge in [0.1, 0.15) is 0 Å². The summed E-state index contributed by atoms with van der Waals surface area (Å²) in [6, 6.07) is 9.40. The molecule has 4 nitrogen and oxygen atoms in total. The molecule has 2 aromatic rings. The van der Waals surface area contributed by atoms with Crippen LogP contribution in [0.15, 0.2) is 44.6 Å². The van der Waals surface area contributed by atoms with Crippen LogP contribution in [0.25, 0.3) is 0 Å². The summed E-state index contributed by atoms with van der Waals surface area (Å²) in [4.78, 5) is 13.3. The summed E-state index contributed by atoms with van der Waals surface area (Å²) in [6.07, 6.45) is 0. The number of amides is 1. The quantitative estimate of drug-likeness (QED) is 0.849. The first-order valence-corrected chi connectivity index (χ1v) is 8.07. The molecule has 2 rings (SSSR count). The van der Waals surface area contributed by atoms with Gasteiger partial charge in [-0.3, -0.25) is 4.79 Å². The van der Waals surface area contributed by atoms with Crippen LogP contribution >= 0.6 is 27.7 Å². The van der Waals surface area contributed by atoms with Crippen LogP contribution in [0.1, 0.15) is 15.9 Å². The van der Waals surface area contributed by atoms with Gasteiger partial charge in [0.05, 0.1) is 19.8 Å². The Labute approximate surface area is 142 Å². The molecule has 0 aromatic heterocycles. The number of ether oxygens (including phenoxy) is 2. The first-order valence-electron chi connectivity index (χ1n) is 6.46. The molecule has 0 spiro atoms. The van der Waals surface area contributed by atoms with Crippen molar-refractivity contribution in [2.75, 3.05) is 14.2 Å². The fourth-order valence-corrected chi connectivity index (χ4v) is 3.79. The highest BCUT2D eigenvalue weighted by Crippen LogP contribution is 2.38. The number of hydrogen-bond donors (Lipinski definition) is 1. The monoisotopic (exact) mass is 381 g/mol. The van der Waals surface area contributed by atoms with Crippen molar-refractivity contribution < 1.29 is 14.3 Å². The molecule has 0 aliphatic carbocycles. The molecule has 0 aliphatic rings. The summed E-state index contributed by atoms with van der Waals surface area (Å²) in [7, 11) is 3.24. The van der Waals surface area contributed by atoms with Gasteiger partial charge in [0.2, 0.25) is 5.91 Å². The zero-order valence-corrected chi connectivity index (χ0v) is 14.9. The number of halogens is 1. The third-order valence-electron chi connectivity index (χ3n) is 3.08. The Bertz CT molecular complexity index is 719. The van der Waals surface area contributed by atoms with Crippen molar-refractivity contribution >= 4 is 33.6 Å². The van der Waals surface area contributed by atoms with Gasteiger partial charge in [0.25, 0.3) is 0 Å². The summed E-state index contributed by atoms with van der Waals surface area (Å²) in [5.74, 6) is 0.973. The minimum atomic E-state index is -0.453. The molecule has 2 N–H and O–H groups in total. The van der Waals surface area contributed by atoms with E-state index in [4.69, 9.17) is 15.2 Å². The molecule has 0 bridgehead atoms. The molecule has 0 saturated heterocycles. The zero-order valence-electron chi connectivity index (χ0n) is 12.5. The minimum Gasteiger partial charge on any atom is -0.493 e. The maximum atomic E-state index is 11.2. The van der Waals surface area contributed by atoms with Crippen LogP contribution in [0.5, 0.6) is 11.5 Å². The number of methoxy groups -OCH3 is 2. The summed E-state index contributed by atoms with van der Waals surface area (Å²) in [5.41, 5.74) is 6.76. The second-order valence-electron chi connectivity index (χ2n) is 4.58. The van der Waals surface area contributed by atoms with E-state index in [1.54, 1.807) is 32.0 Å². The second-order valence-corrected chi connectivity index (χ2v) is 6.58. The molecule has 6 heteroatoms. The fraction of sp³-hybridized carbons (Fsp3) is 0.188. The molecule has 0 fully saturated rings. The normalized spacial score (nSPS) is 10.4. The lowest BCUT2D eigenvalue weighted by molar-refractivity contribution is 0.0999. The zero-order chi connectivity index (χ0) is 16.3. The van der Waals surface area contributed by atoms with Crippen LogP contribution in [0.2, 0.25) is 0 Å². The third kappa shape index (κ3) is 3.56. The van der Waals surface area contributed by atoms with E-state index in [1.165, 1.54) is 0 Å². The third-order valence-corrected chi connectivity index (χ3v) is 4.70. The lowest BCUT2D eigenvalue weighted by atomic mass is 10.2. The van der Waals surface area contributed by atoms with Gasteiger partial charge in [0.15, 0.2) is 11.5 Å². The highest BCUT2D eigenvalue weighted by molar-refractivity contribution is 9.10. The number of carbonyl (C=O) groups excluding carboxylic acids is 1. The van der Waals surface area contributed by atoms with Gasteiger partial charge in [-0.2, -0.15) is 0 Å². The molecule has 0 saturated carbocycles. The molecule has 0 aliphatic heterocycles. The van der Waals surface area contributed by atoms with Gasteiger partial charge in [-0.15, -0.1) is 0 Å². The SMILES string of the molecule is COc1cc(Sc2ccc(C(N)=O)c(Br)c2)cc(C)c1OC. The average molecular weight is 382 g/mol. The smallest absolute Gasteiger partial charge is 0.249 e. The lowest BCUT2D eigenvalue weighted by Gasteiger charge is -2.13. The molecular formula is C16H16BrNO3S. The summed E-state index contributed by atoms with van der Waals surface area (Å²) in [5, 5.41) is 0. The Morgan fingerprint density at radius 3 is 2.41 bits per heavy atom. The summed E-state index contributed by atoms with van der Waals surface area (Å²) >= 11 is 4.94. The Morgan fingerprint density at radius 1 is 1.14 bits per heavy atom. The largest absolute Gasteiger partial charge is 0.493 e. The van der Waals surface area contributed by atoms with Gasteiger partial charge in [-0.05, 0) is 58.7 Å². The second kappa shape index (κ2) is 7.07. The van der Waals surface area contributed by atoms with Crippen molar-refractivity contribution in [1.29, 1.82) is 0 Å². The van der Waals surface area contributed by atoms with Gasteiger partial charge >= 0.3 is 0 Å². The van der Waals surface area contributed by atoms with Gasteiger partial charge in [-0.25, -0.2) is 0 Å². The van der Waals surface area contributed by atoms with E-state index in [0.29, 0.717) is 15.8 Å². The Hall–Kier alpha value is -1.66. The van der Waals surface area contributed by atoms with Crippen LogP contribution in [0, 0.1) is 6.92 Å². The Morgan fingerprint density at radius 2 is 1.86 bits per heavy atom. The molecular weight excluding hydrogens is 366 g/mol. The number of benzene rings is 2. The number of hydrogen-bond acceptors (Lipinski definition) is 4. The number of carbonyl (C=O) groups is 1. The molecule has 0 atom stereocenters. The van der Waals surface area contributed by atoms with Crippen molar-refractivity contribution in [1.82, 2.24) is 0 Å². The topological polar surface area (TPSA) is 61.5 Å². The number of aryl methyl sites for hydroxylation is 1. The summed E-state index contributed by atoms with van der Waals surface area (Å²) < 4.78 is 11.4. The standard InChI is InChI=1S/C16H16BrNO3S/c1-9-6-11(8-14(20-2)15(9)21-3)22-10-4-5-12(16(18)19)13(17)7-10/h4-8H,1-3H3,(H2,18,19). The van der Waals surface area contributed by atoms with Crippen molar-refractivity contribution in [3.05, 3.63) is 45.9 Å². The molecule has 0 heterocycles. The van der Waals surface area contributed by atoms with E-state index in [2.05, 4.69) is 15.9 Å². The molecule has 2 aromatic carbocycles. The summed E-state index contributed by atoms with van der Waals surface area (Å²) in [6.45, 7) is 1.97. The highest BCUT2D eigenvalue weighted by Gasteiger charge is 2.12. The van der Waals surface area contributed by atoms with Crippen molar-refractivity contribution in [3.63, 3.8) is 0 Å². The lowest BCUT2D eigenvalue weighted by Crippen LogP contribution is -2.11. The maximum absolute atomic E-state index is 11.2. The van der Waals surface area contributed by atoms with Crippen molar-refractivity contribution in [2.45, 2.75) is 16.7 Å². The molecule has 0 unspecified atom stereocenters. The van der Waals surface area contributed by atoms with Crippen molar-refractivity contribution in [3.8, 4) is 11.5 Å². The van der Waals surface area contributed by atoms with E-state index in [9.17, 15) is 4.79 Å². The van der Waals surface area contributed by atoms with Gasteiger partial charge < -0.3 is 15.2 Å². The maximum Gasteiger partial charge on any atom is 0.249 e. The molecule has 22 heavy (non-hydrogen) atoms. The minimum absolute atomic E-state index is 0.453. The van der Waals surface area contributed by atoms with Crippen LogP contribution < -0.4 is 15.2 Å². The van der Waals surface area contributed by atoms with Crippen LogP contribution in [0.4, 0.5) is 0 Å². The molecule has 1 amide bonds. The van der Waals surface area contributed by atoms with Crippen LogP contribution in [0.3, 0.4) is 0 Å². The molecule has 0 radical (unpaired) electrons. The predicted octanol–water partition coefficient (Wildman–Crippen LogP) is 4.02. The van der Waals surface area contributed by atoms with E-state index in [0.717, 1.165) is 21.1 Å². The first-order chi connectivity index (χ1) is 10.5. The van der Waals surface area contributed by atoms with E-state index in [1.807, 2.05) is 31.2 Å². The number of primary amides is 1. The Kier molecular flexibility index (Phi) is 5.37. The predicted molar refractivity (Wildman–Crippen MR) is 91.1 cm³/mol. The first kappa shape index (κ1) is 16.7. The number of rotatable bonds is 5. The van der Waals surface area contributed by atoms with E-state index in [-0.39, 0.29) is 0 Å². The average Bonchev–Trinajstić information content (AvgIpc) is 2.46.